The molecule has 3 nitrogen and oxygen atoms in total. The Kier molecular flexibility index (Phi) is 4.09. The molecule has 5 heteroatoms. The highest BCUT2D eigenvalue weighted by molar-refractivity contribution is 8.00. The third-order valence-corrected chi connectivity index (χ3v) is 3.54. The topological polar surface area (TPSA) is 41.1 Å². The minimum absolute atomic E-state index is 0.0726. The monoisotopic (exact) mass is 256 g/mol. The van der Waals surface area contributed by atoms with Gasteiger partial charge in [-0.3, -0.25) is 4.79 Å². The molecule has 2 rings (SSSR count). The highest BCUT2D eigenvalue weighted by atomic mass is 35.5. The van der Waals surface area contributed by atoms with Crippen molar-refractivity contribution in [3.8, 4) is 0 Å². The lowest BCUT2D eigenvalue weighted by Gasteiger charge is -2.17. The first-order valence-corrected chi connectivity index (χ1v) is 6.64. The molecule has 0 saturated carbocycles. The maximum atomic E-state index is 11.2. The zero-order valence-corrected chi connectivity index (χ0v) is 10.3. The van der Waals surface area contributed by atoms with E-state index in [0.29, 0.717) is 11.6 Å². The third kappa shape index (κ3) is 2.90. The van der Waals surface area contributed by atoms with E-state index in [9.17, 15) is 4.79 Å². The van der Waals surface area contributed by atoms with Gasteiger partial charge >= 0.3 is 0 Å². The number of anilines is 1. The van der Waals surface area contributed by atoms with Crippen LogP contribution in [0, 0.1) is 0 Å². The van der Waals surface area contributed by atoms with Crippen LogP contribution in [0.5, 0.6) is 0 Å². The number of hydrogen-bond acceptors (Lipinski definition) is 3. The number of carbonyl (C=O) groups is 1. The number of carbonyl (C=O) groups excluding carboxylic acids is 1. The minimum atomic E-state index is 0.0726. The Balaban J connectivity index is 2.06. The summed E-state index contributed by atoms with van der Waals surface area (Å²) in [6.07, 6.45) is 0. The van der Waals surface area contributed by atoms with Gasteiger partial charge in [0.15, 0.2) is 0 Å². The summed E-state index contributed by atoms with van der Waals surface area (Å²) >= 11 is 7.16. The van der Waals surface area contributed by atoms with Gasteiger partial charge in [-0.05, 0) is 17.7 Å². The van der Waals surface area contributed by atoms with Gasteiger partial charge in [-0.25, -0.2) is 0 Å². The second kappa shape index (κ2) is 5.57. The van der Waals surface area contributed by atoms with E-state index in [4.69, 9.17) is 11.6 Å². The highest BCUT2D eigenvalue weighted by Gasteiger charge is 2.14. The first-order valence-electron chi connectivity index (χ1n) is 5.12. The molecule has 0 aromatic heterocycles. The summed E-state index contributed by atoms with van der Waals surface area (Å²) in [5, 5.41) is 6.09. The van der Waals surface area contributed by atoms with Crippen LogP contribution < -0.4 is 10.6 Å². The molecule has 0 fully saturated rings. The van der Waals surface area contributed by atoms with E-state index in [1.165, 1.54) is 0 Å². The number of amides is 1. The predicted octanol–water partition coefficient (Wildman–Crippen LogP) is 2.06. The number of benzene rings is 1. The van der Waals surface area contributed by atoms with Crippen LogP contribution in [0.25, 0.3) is 0 Å². The van der Waals surface area contributed by atoms with E-state index in [0.717, 1.165) is 29.2 Å². The number of nitrogens with one attached hydrogen (secondary N) is 2. The normalized spacial score (nSPS) is 14.4. The van der Waals surface area contributed by atoms with Gasteiger partial charge in [0.2, 0.25) is 5.91 Å². The molecule has 0 atom stereocenters. The molecule has 1 aliphatic rings. The molecule has 1 aliphatic heterocycles. The van der Waals surface area contributed by atoms with Crippen molar-refractivity contribution < 1.29 is 4.79 Å². The molecule has 0 bridgehead atoms. The van der Waals surface area contributed by atoms with Gasteiger partial charge in [-0.2, -0.15) is 0 Å². The van der Waals surface area contributed by atoms with Crippen molar-refractivity contribution in [2.75, 3.05) is 23.5 Å². The van der Waals surface area contributed by atoms with Gasteiger partial charge in [0.25, 0.3) is 0 Å². The maximum Gasteiger partial charge on any atom is 0.234 e. The molecule has 0 aliphatic carbocycles. The van der Waals surface area contributed by atoms with Crippen molar-refractivity contribution in [2.24, 2.45) is 0 Å². The van der Waals surface area contributed by atoms with Crippen LogP contribution in [-0.2, 0) is 11.3 Å². The number of halogens is 1. The zero-order chi connectivity index (χ0) is 11.4. The zero-order valence-electron chi connectivity index (χ0n) is 8.75. The average molecular weight is 257 g/mol. The molecule has 16 heavy (non-hydrogen) atoms. The Hall–Kier alpha value is -0.710. The number of alkyl halides is 1. The number of fused-ring (bicyclic) bond motifs is 1. The van der Waals surface area contributed by atoms with Crippen molar-refractivity contribution in [3.05, 3.63) is 23.8 Å². The summed E-state index contributed by atoms with van der Waals surface area (Å²) in [6.45, 7) is 1.57. The standard InChI is InChI=1S/C11H13ClN2OS/c12-3-4-13-6-8-1-2-10-9(5-8)14-11(15)7-16-10/h1-2,5,13H,3-4,6-7H2,(H,14,15). The molecule has 0 unspecified atom stereocenters. The number of hydrogen-bond donors (Lipinski definition) is 2. The van der Waals surface area contributed by atoms with Gasteiger partial charge in [-0.1, -0.05) is 6.07 Å². The second-order valence-electron chi connectivity index (χ2n) is 3.53. The summed E-state index contributed by atoms with van der Waals surface area (Å²) in [5.74, 6) is 1.19. The van der Waals surface area contributed by atoms with Crippen molar-refractivity contribution in [1.82, 2.24) is 5.32 Å². The molecule has 1 aromatic rings. The minimum Gasteiger partial charge on any atom is -0.324 e. The third-order valence-electron chi connectivity index (χ3n) is 2.28. The molecule has 1 amide bonds. The van der Waals surface area contributed by atoms with Crippen molar-refractivity contribution in [2.45, 2.75) is 11.4 Å². The van der Waals surface area contributed by atoms with Crippen molar-refractivity contribution in [1.29, 1.82) is 0 Å². The molecule has 1 aromatic carbocycles. The Labute approximate surface area is 104 Å². The van der Waals surface area contributed by atoms with Crippen molar-refractivity contribution in [3.63, 3.8) is 0 Å². The van der Waals surface area contributed by atoms with E-state index < -0.39 is 0 Å². The van der Waals surface area contributed by atoms with Gasteiger partial charge < -0.3 is 10.6 Å². The molecule has 1 heterocycles. The Bertz CT molecular complexity index is 398. The first-order chi connectivity index (χ1) is 7.79. The van der Waals surface area contributed by atoms with Crippen LogP contribution in [0.1, 0.15) is 5.56 Å². The van der Waals surface area contributed by atoms with Gasteiger partial charge in [-0.15, -0.1) is 23.4 Å². The Morgan fingerprint density at radius 2 is 2.38 bits per heavy atom. The molecule has 0 saturated heterocycles. The lowest BCUT2D eigenvalue weighted by atomic mass is 10.2. The summed E-state index contributed by atoms with van der Waals surface area (Å²) in [5.41, 5.74) is 2.08. The van der Waals surface area contributed by atoms with E-state index in [1.54, 1.807) is 11.8 Å². The lowest BCUT2D eigenvalue weighted by Crippen LogP contribution is -2.20. The van der Waals surface area contributed by atoms with Crippen LogP contribution in [0.2, 0.25) is 0 Å². The average Bonchev–Trinajstić information content (AvgIpc) is 2.29. The van der Waals surface area contributed by atoms with E-state index in [-0.39, 0.29) is 5.91 Å². The van der Waals surface area contributed by atoms with Gasteiger partial charge in [0.05, 0.1) is 11.4 Å². The fourth-order valence-corrected chi connectivity index (χ4v) is 2.46. The summed E-state index contributed by atoms with van der Waals surface area (Å²) in [7, 11) is 0. The highest BCUT2D eigenvalue weighted by Crippen LogP contribution is 2.31. The number of thioether (sulfide) groups is 1. The summed E-state index contributed by atoms with van der Waals surface area (Å²) < 4.78 is 0. The Morgan fingerprint density at radius 3 is 3.19 bits per heavy atom. The molecular weight excluding hydrogens is 244 g/mol. The van der Waals surface area contributed by atoms with Crippen LogP contribution >= 0.6 is 23.4 Å². The van der Waals surface area contributed by atoms with E-state index >= 15 is 0 Å². The molecule has 2 N–H and O–H groups in total. The van der Waals surface area contributed by atoms with Crippen LogP contribution in [0.4, 0.5) is 5.69 Å². The summed E-state index contributed by atoms with van der Waals surface area (Å²) in [4.78, 5) is 12.4. The van der Waals surface area contributed by atoms with Crippen LogP contribution in [0.3, 0.4) is 0 Å². The molecular formula is C11H13ClN2OS. The Morgan fingerprint density at radius 1 is 1.50 bits per heavy atom. The van der Waals surface area contributed by atoms with E-state index in [2.05, 4.69) is 22.8 Å². The molecule has 0 spiro atoms. The molecule has 86 valence electrons. The smallest absolute Gasteiger partial charge is 0.234 e. The van der Waals surface area contributed by atoms with Crippen LogP contribution in [0.15, 0.2) is 23.1 Å². The predicted molar refractivity (Wildman–Crippen MR) is 68.2 cm³/mol. The SMILES string of the molecule is O=C1CSc2ccc(CNCCCl)cc2N1. The lowest BCUT2D eigenvalue weighted by molar-refractivity contribution is -0.113. The van der Waals surface area contributed by atoms with Crippen molar-refractivity contribution >= 4 is 35.0 Å². The quantitative estimate of drug-likeness (QED) is 0.640. The van der Waals surface area contributed by atoms with Crippen LogP contribution in [-0.4, -0.2) is 24.1 Å². The molecule has 0 radical (unpaired) electrons. The van der Waals surface area contributed by atoms with Gasteiger partial charge in [0, 0.05) is 23.9 Å². The second-order valence-corrected chi connectivity index (χ2v) is 4.93. The fraction of sp³-hybridized carbons (Fsp3) is 0.364. The number of rotatable bonds is 4. The summed E-state index contributed by atoms with van der Waals surface area (Å²) in [6, 6.07) is 6.14. The largest absolute Gasteiger partial charge is 0.324 e. The van der Waals surface area contributed by atoms with E-state index in [1.807, 2.05) is 6.07 Å². The fourth-order valence-electron chi connectivity index (χ4n) is 1.54. The maximum absolute atomic E-state index is 11.2. The first kappa shape index (κ1) is 11.8. The van der Waals surface area contributed by atoms with Gasteiger partial charge in [0.1, 0.15) is 0 Å².